The summed E-state index contributed by atoms with van der Waals surface area (Å²) in [7, 11) is 0. The first-order valence-electron chi connectivity index (χ1n) is 10.0. The maximum Gasteiger partial charge on any atom is 0.325 e. The number of carbonyl (C=O) groups excluding carboxylic acids is 2. The number of nitrogens with one attached hydrogen (secondary N) is 1. The van der Waals surface area contributed by atoms with Crippen LogP contribution in [0.3, 0.4) is 0 Å². The van der Waals surface area contributed by atoms with Crippen LogP contribution in [-0.2, 0) is 22.3 Å². The number of imide groups is 1. The van der Waals surface area contributed by atoms with Crippen molar-refractivity contribution in [1.29, 1.82) is 0 Å². The summed E-state index contributed by atoms with van der Waals surface area (Å²) in [6, 6.07) is 13.0. The third-order valence-corrected chi connectivity index (χ3v) is 5.58. The predicted octanol–water partition coefficient (Wildman–Crippen LogP) is 4.75. The van der Waals surface area contributed by atoms with Gasteiger partial charge in [0.05, 0.1) is 6.20 Å². The summed E-state index contributed by atoms with van der Waals surface area (Å²) in [4.78, 5) is 31.0. The van der Waals surface area contributed by atoms with E-state index in [1.807, 2.05) is 24.3 Å². The van der Waals surface area contributed by atoms with Crippen LogP contribution in [-0.4, -0.2) is 21.8 Å². The normalized spacial score (nSPS) is 19.1. The molecule has 3 amide bonds. The van der Waals surface area contributed by atoms with E-state index in [0.717, 1.165) is 10.5 Å². The van der Waals surface area contributed by atoms with E-state index in [0.29, 0.717) is 16.9 Å². The molecule has 1 aromatic heterocycles. The highest BCUT2D eigenvalue weighted by Crippen LogP contribution is 2.32. The Morgan fingerprint density at radius 1 is 1.06 bits per heavy atom. The van der Waals surface area contributed by atoms with E-state index in [4.69, 9.17) is 4.42 Å². The Morgan fingerprint density at radius 3 is 2.32 bits per heavy atom. The number of oxazole rings is 1. The molecule has 1 aliphatic heterocycles. The smallest absolute Gasteiger partial charge is 0.325 e. The molecule has 1 fully saturated rings. The fourth-order valence-electron chi connectivity index (χ4n) is 3.61. The van der Waals surface area contributed by atoms with Gasteiger partial charge in [-0.25, -0.2) is 14.2 Å². The van der Waals surface area contributed by atoms with Gasteiger partial charge >= 0.3 is 6.03 Å². The van der Waals surface area contributed by atoms with E-state index < -0.39 is 11.6 Å². The molecule has 0 bridgehead atoms. The minimum Gasteiger partial charge on any atom is -0.439 e. The molecular formula is C24H24FN3O3. The Bertz CT molecular complexity index is 1130. The molecule has 1 atom stereocenters. The molecule has 4 rings (SSSR count). The van der Waals surface area contributed by atoms with Crippen molar-refractivity contribution in [3.05, 3.63) is 77.6 Å². The molecule has 2 aromatic carbocycles. The highest BCUT2D eigenvalue weighted by molar-refractivity contribution is 6.07. The lowest BCUT2D eigenvalue weighted by Crippen LogP contribution is -2.40. The Hall–Kier alpha value is -3.48. The van der Waals surface area contributed by atoms with Gasteiger partial charge in [-0.1, -0.05) is 45.0 Å². The summed E-state index contributed by atoms with van der Waals surface area (Å²) in [6.45, 7) is 7.94. The molecule has 1 N–H and O–H groups in total. The van der Waals surface area contributed by atoms with Gasteiger partial charge in [-0.15, -0.1) is 0 Å². The number of hydrogen-bond donors (Lipinski definition) is 1. The zero-order chi connectivity index (χ0) is 22.4. The molecule has 2 heterocycles. The molecule has 160 valence electrons. The molecule has 6 nitrogen and oxygen atoms in total. The second-order valence-electron chi connectivity index (χ2n) is 8.90. The zero-order valence-electron chi connectivity index (χ0n) is 17.9. The van der Waals surface area contributed by atoms with Crippen LogP contribution in [0.25, 0.3) is 11.3 Å². The lowest BCUT2D eigenvalue weighted by molar-refractivity contribution is -0.131. The van der Waals surface area contributed by atoms with E-state index in [2.05, 4.69) is 31.1 Å². The number of hydrogen-bond acceptors (Lipinski definition) is 4. The van der Waals surface area contributed by atoms with Crippen molar-refractivity contribution < 1.29 is 18.4 Å². The number of urea groups is 1. The van der Waals surface area contributed by atoms with Gasteiger partial charge in [0.15, 0.2) is 5.76 Å². The van der Waals surface area contributed by atoms with Crippen LogP contribution in [0.1, 0.15) is 44.7 Å². The maximum atomic E-state index is 13.2. The first-order chi connectivity index (χ1) is 14.6. The quantitative estimate of drug-likeness (QED) is 0.617. The Balaban J connectivity index is 1.54. The lowest BCUT2D eigenvalue weighted by Gasteiger charge is -2.24. The van der Waals surface area contributed by atoms with Crippen molar-refractivity contribution in [2.45, 2.75) is 45.2 Å². The summed E-state index contributed by atoms with van der Waals surface area (Å²) < 4.78 is 18.8. The van der Waals surface area contributed by atoms with E-state index in [-0.39, 0.29) is 29.6 Å². The molecule has 1 saturated heterocycles. The number of carbonyl (C=O) groups is 2. The first kappa shape index (κ1) is 20.8. The largest absolute Gasteiger partial charge is 0.439 e. The molecule has 0 unspecified atom stereocenters. The summed E-state index contributed by atoms with van der Waals surface area (Å²) >= 11 is 0. The third kappa shape index (κ3) is 3.83. The topological polar surface area (TPSA) is 75.4 Å². The highest BCUT2D eigenvalue weighted by Gasteiger charge is 2.49. The van der Waals surface area contributed by atoms with E-state index in [9.17, 15) is 14.0 Å². The molecule has 0 aliphatic carbocycles. The predicted molar refractivity (Wildman–Crippen MR) is 113 cm³/mol. The first-order valence-corrected chi connectivity index (χ1v) is 10.0. The average Bonchev–Trinajstić information content (AvgIpc) is 3.27. The van der Waals surface area contributed by atoms with Gasteiger partial charge in [0.25, 0.3) is 5.91 Å². The maximum absolute atomic E-state index is 13.2. The van der Waals surface area contributed by atoms with Crippen LogP contribution in [0, 0.1) is 5.82 Å². The minimum atomic E-state index is -1.17. The van der Waals surface area contributed by atoms with Gasteiger partial charge in [-0.2, -0.15) is 0 Å². The Morgan fingerprint density at radius 2 is 1.71 bits per heavy atom. The van der Waals surface area contributed by atoms with Crippen LogP contribution >= 0.6 is 0 Å². The molecule has 31 heavy (non-hydrogen) atoms. The van der Waals surface area contributed by atoms with Gasteiger partial charge < -0.3 is 9.73 Å². The van der Waals surface area contributed by atoms with Gasteiger partial charge in [0.1, 0.15) is 17.9 Å². The van der Waals surface area contributed by atoms with Gasteiger partial charge in [0, 0.05) is 5.56 Å². The van der Waals surface area contributed by atoms with Crippen molar-refractivity contribution >= 4 is 11.9 Å². The SMILES string of the molecule is CC(C)(C)c1ccc([C@@]2(C)NC(=O)N(Cc3ncc(-c4ccc(F)cc4)o3)C2=O)cc1. The zero-order valence-corrected chi connectivity index (χ0v) is 17.9. The molecule has 1 aliphatic rings. The van der Waals surface area contributed by atoms with Crippen molar-refractivity contribution in [3.63, 3.8) is 0 Å². The van der Waals surface area contributed by atoms with Crippen LogP contribution in [0.4, 0.5) is 9.18 Å². The van der Waals surface area contributed by atoms with E-state index in [1.54, 1.807) is 19.1 Å². The van der Waals surface area contributed by atoms with E-state index >= 15 is 0 Å². The number of halogens is 1. The average molecular weight is 421 g/mol. The molecule has 7 heteroatoms. The monoisotopic (exact) mass is 421 g/mol. The molecule has 0 radical (unpaired) electrons. The van der Waals surface area contributed by atoms with E-state index in [1.165, 1.54) is 18.3 Å². The second kappa shape index (κ2) is 7.34. The fraction of sp³-hybridized carbons (Fsp3) is 0.292. The summed E-state index contributed by atoms with van der Waals surface area (Å²) in [5.74, 6) is -0.0714. The van der Waals surface area contributed by atoms with Gasteiger partial charge in [0.2, 0.25) is 5.89 Å². The van der Waals surface area contributed by atoms with Crippen molar-refractivity contribution in [1.82, 2.24) is 15.2 Å². The molecule has 3 aromatic rings. The van der Waals surface area contributed by atoms with Gasteiger partial charge in [-0.3, -0.25) is 9.69 Å². The lowest BCUT2D eigenvalue weighted by atomic mass is 9.84. The second-order valence-corrected chi connectivity index (χ2v) is 8.90. The number of benzene rings is 2. The Kier molecular flexibility index (Phi) is 4.92. The summed E-state index contributed by atoms with van der Waals surface area (Å²) in [5, 5.41) is 2.80. The molecular weight excluding hydrogens is 397 g/mol. The van der Waals surface area contributed by atoms with Crippen molar-refractivity contribution in [3.8, 4) is 11.3 Å². The van der Waals surface area contributed by atoms with Crippen LogP contribution < -0.4 is 5.32 Å². The third-order valence-electron chi connectivity index (χ3n) is 5.58. The number of amides is 3. The number of rotatable bonds is 4. The van der Waals surface area contributed by atoms with Crippen LogP contribution in [0.15, 0.2) is 59.1 Å². The molecule has 0 saturated carbocycles. The van der Waals surface area contributed by atoms with Crippen molar-refractivity contribution in [2.75, 3.05) is 0 Å². The minimum absolute atomic E-state index is 0.0123. The fourth-order valence-corrected chi connectivity index (χ4v) is 3.61. The van der Waals surface area contributed by atoms with Crippen molar-refractivity contribution in [2.24, 2.45) is 0 Å². The standard InChI is InChI=1S/C24H24FN3O3/c1-23(2,3)16-7-9-17(10-8-16)24(4)21(29)28(22(30)27-24)14-20-26-13-19(31-20)15-5-11-18(25)12-6-15/h5-13H,14H2,1-4H3,(H,27,30)/t24-/m1/s1. The molecule has 0 spiro atoms. The Labute approximate surface area is 180 Å². The highest BCUT2D eigenvalue weighted by atomic mass is 19.1. The van der Waals surface area contributed by atoms with Crippen LogP contribution in [0.2, 0.25) is 0 Å². The van der Waals surface area contributed by atoms with Crippen LogP contribution in [0.5, 0.6) is 0 Å². The van der Waals surface area contributed by atoms with Gasteiger partial charge in [-0.05, 0) is 47.7 Å². The number of aromatic nitrogens is 1. The number of nitrogens with zero attached hydrogens (tertiary/aromatic N) is 2. The summed E-state index contributed by atoms with van der Waals surface area (Å²) in [5.41, 5.74) is 1.32. The summed E-state index contributed by atoms with van der Waals surface area (Å²) in [6.07, 6.45) is 1.49.